The summed E-state index contributed by atoms with van der Waals surface area (Å²) < 4.78 is 40.2. The number of alkyl halides is 3. The number of aryl methyl sites for hydroxylation is 2. The normalized spacial score (nSPS) is 17.3. The molecular formula is C18H22F3N5. The lowest BCUT2D eigenvalue weighted by atomic mass is 10.0. The second kappa shape index (κ2) is 7.39. The van der Waals surface area contributed by atoms with Crippen molar-refractivity contribution in [3.8, 4) is 0 Å². The van der Waals surface area contributed by atoms with Crippen LogP contribution in [0.2, 0.25) is 0 Å². The number of benzene rings is 1. The van der Waals surface area contributed by atoms with Crippen molar-refractivity contribution in [3.63, 3.8) is 0 Å². The van der Waals surface area contributed by atoms with E-state index in [4.69, 9.17) is 0 Å². The van der Waals surface area contributed by atoms with Gasteiger partial charge in [-0.3, -0.25) is 9.67 Å². The van der Waals surface area contributed by atoms with Gasteiger partial charge < -0.3 is 10.6 Å². The van der Waals surface area contributed by atoms with Crippen molar-refractivity contribution in [3.05, 3.63) is 52.8 Å². The molecule has 0 fully saturated rings. The van der Waals surface area contributed by atoms with Crippen molar-refractivity contribution < 1.29 is 13.2 Å². The zero-order valence-corrected chi connectivity index (χ0v) is 14.8. The maximum atomic E-state index is 13.0. The summed E-state index contributed by atoms with van der Waals surface area (Å²) in [6.07, 6.45) is -0.984. The minimum absolute atomic E-state index is 0.00358. The maximum Gasteiger partial charge on any atom is 0.435 e. The predicted molar refractivity (Wildman–Crippen MR) is 93.9 cm³/mol. The molecule has 0 spiro atoms. The van der Waals surface area contributed by atoms with Crippen molar-refractivity contribution in [1.29, 1.82) is 0 Å². The summed E-state index contributed by atoms with van der Waals surface area (Å²) >= 11 is 0. The van der Waals surface area contributed by atoms with E-state index in [0.29, 0.717) is 18.4 Å². The lowest BCUT2D eigenvalue weighted by Crippen LogP contribution is -2.39. The highest BCUT2D eigenvalue weighted by Crippen LogP contribution is 2.32. The van der Waals surface area contributed by atoms with Crippen LogP contribution < -0.4 is 10.6 Å². The molecule has 1 aromatic carbocycles. The number of hydrogen-bond donors (Lipinski definition) is 2. The second-order valence-electron chi connectivity index (χ2n) is 6.42. The van der Waals surface area contributed by atoms with Gasteiger partial charge in [-0.2, -0.15) is 18.3 Å². The van der Waals surface area contributed by atoms with Crippen LogP contribution in [-0.4, -0.2) is 29.3 Å². The molecule has 5 nitrogen and oxygen atoms in total. The number of aromatic nitrogens is 2. The van der Waals surface area contributed by atoms with E-state index in [1.165, 1.54) is 29.1 Å². The number of halogens is 3. The molecule has 0 amide bonds. The van der Waals surface area contributed by atoms with Crippen molar-refractivity contribution in [1.82, 2.24) is 20.4 Å². The standard InChI is InChI=1S/C18H22F3N5/c1-22-17(23-9-13-8-7-12-5-3-4-6-15(12)13)24-10-14-11-26(2)25-16(14)18(19,20)21/h3-6,11,13H,7-10H2,1-2H3,(H2,22,23,24). The third-order valence-corrected chi connectivity index (χ3v) is 4.62. The summed E-state index contributed by atoms with van der Waals surface area (Å²) in [6.45, 7) is 0.694. The van der Waals surface area contributed by atoms with Crippen molar-refractivity contribution in [2.24, 2.45) is 12.0 Å². The minimum Gasteiger partial charge on any atom is -0.356 e. The van der Waals surface area contributed by atoms with Crippen LogP contribution in [0.25, 0.3) is 0 Å². The topological polar surface area (TPSA) is 54.2 Å². The molecule has 3 rings (SSSR count). The van der Waals surface area contributed by atoms with Gasteiger partial charge in [-0.05, 0) is 24.0 Å². The van der Waals surface area contributed by atoms with Crippen LogP contribution in [0.15, 0.2) is 35.5 Å². The average molecular weight is 365 g/mol. The number of hydrogen-bond acceptors (Lipinski definition) is 2. The van der Waals surface area contributed by atoms with E-state index in [0.717, 1.165) is 12.8 Å². The molecule has 1 unspecified atom stereocenters. The first-order valence-corrected chi connectivity index (χ1v) is 8.50. The van der Waals surface area contributed by atoms with Gasteiger partial charge in [0.05, 0.1) is 0 Å². The number of aliphatic imine (C=N–C) groups is 1. The van der Waals surface area contributed by atoms with Crippen LogP contribution in [0.4, 0.5) is 13.2 Å². The molecule has 140 valence electrons. The Kier molecular flexibility index (Phi) is 5.20. The first-order valence-electron chi connectivity index (χ1n) is 8.50. The fourth-order valence-corrected chi connectivity index (χ4v) is 3.38. The highest BCUT2D eigenvalue weighted by molar-refractivity contribution is 5.79. The molecule has 1 aromatic heterocycles. The molecule has 8 heteroatoms. The molecule has 0 bridgehead atoms. The first kappa shape index (κ1) is 18.3. The SMILES string of the molecule is CN=C(NCc1cn(C)nc1C(F)(F)F)NCC1CCc2ccccc21. The van der Waals surface area contributed by atoms with Gasteiger partial charge >= 0.3 is 6.18 Å². The van der Waals surface area contributed by atoms with Crippen molar-refractivity contribution in [2.45, 2.75) is 31.5 Å². The van der Waals surface area contributed by atoms with Gasteiger partial charge in [0.25, 0.3) is 0 Å². The van der Waals surface area contributed by atoms with E-state index in [1.807, 2.05) is 12.1 Å². The number of guanidine groups is 1. The second-order valence-corrected chi connectivity index (χ2v) is 6.42. The Morgan fingerprint density at radius 1 is 1.31 bits per heavy atom. The molecule has 1 aliphatic rings. The van der Waals surface area contributed by atoms with E-state index >= 15 is 0 Å². The Balaban J connectivity index is 1.58. The summed E-state index contributed by atoms with van der Waals surface area (Å²) in [4.78, 5) is 4.10. The molecule has 26 heavy (non-hydrogen) atoms. The molecule has 1 atom stereocenters. The summed E-state index contributed by atoms with van der Waals surface area (Å²) in [6, 6.07) is 8.35. The number of nitrogens with zero attached hydrogens (tertiary/aromatic N) is 3. The van der Waals surface area contributed by atoms with E-state index in [-0.39, 0.29) is 12.1 Å². The van der Waals surface area contributed by atoms with Gasteiger partial charge in [0.2, 0.25) is 0 Å². The van der Waals surface area contributed by atoms with Gasteiger partial charge in [-0.15, -0.1) is 0 Å². The Morgan fingerprint density at radius 3 is 2.81 bits per heavy atom. The third kappa shape index (κ3) is 4.00. The molecule has 0 radical (unpaired) electrons. The lowest BCUT2D eigenvalue weighted by Gasteiger charge is -2.16. The van der Waals surface area contributed by atoms with Crippen LogP contribution in [-0.2, 0) is 26.2 Å². The summed E-state index contributed by atoms with van der Waals surface area (Å²) in [7, 11) is 3.08. The van der Waals surface area contributed by atoms with Gasteiger partial charge in [0.1, 0.15) is 0 Å². The van der Waals surface area contributed by atoms with Gasteiger partial charge in [-0.25, -0.2) is 0 Å². The maximum absolute atomic E-state index is 13.0. The zero-order valence-electron chi connectivity index (χ0n) is 14.8. The first-order chi connectivity index (χ1) is 12.4. The molecule has 2 aromatic rings. The van der Waals surface area contributed by atoms with Crippen LogP contribution in [0.3, 0.4) is 0 Å². The predicted octanol–water partition coefficient (Wildman–Crippen LogP) is 2.83. The van der Waals surface area contributed by atoms with Crippen LogP contribution in [0.5, 0.6) is 0 Å². The Hall–Kier alpha value is -2.51. The van der Waals surface area contributed by atoms with E-state index < -0.39 is 11.9 Å². The molecule has 1 heterocycles. The van der Waals surface area contributed by atoms with Gasteiger partial charge in [-0.1, -0.05) is 24.3 Å². The van der Waals surface area contributed by atoms with E-state index in [9.17, 15) is 13.2 Å². The third-order valence-electron chi connectivity index (χ3n) is 4.62. The monoisotopic (exact) mass is 365 g/mol. The summed E-state index contributed by atoms with van der Waals surface area (Å²) in [5, 5.41) is 9.67. The Morgan fingerprint density at radius 2 is 2.08 bits per heavy atom. The van der Waals surface area contributed by atoms with E-state index in [2.05, 4.69) is 32.9 Å². The molecular weight excluding hydrogens is 343 g/mol. The largest absolute Gasteiger partial charge is 0.435 e. The Bertz CT molecular complexity index is 794. The number of nitrogens with one attached hydrogen (secondary N) is 2. The minimum atomic E-state index is -4.47. The highest BCUT2D eigenvalue weighted by atomic mass is 19.4. The molecule has 0 aliphatic heterocycles. The van der Waals surface area contributed by atoms with E-state index in [1.54, 1.807) is 7.05 Å². The molecule has 0 saturated heterocycles. The fourth-order valence-electron chi connectivity index (χ4n) is 3.38. The molecule has 0 saturated carbocycles. The highest BCUT2D eigenvalue weighted by Gasteiger charge is 2.36. The molecule has 1 aliphatic carbocycles. The van der Waals surface area contributed by atoms with Crippen LogP contribution in [0.1, 0.15) is 34.7 Å². The summed E-state index contributed by atoms with van der Waals surface area (Å²) in [5.74, 6) is 0.861. The van der Waals surface area contributed by atoms with Crippen molar-refractivity contribution in [2.75, 3.05) is 13.6 Å². The van der Waals surface area contributed by atoms with Gasteiger partial charge in [0, 0.05) is 44.9 Å². The van der Waals surface area contributed by atoms with Crippen LogP contribution >= 0.6 is 0 Å². The van der Waals surface area contributed by atoms with Gasteiger partial charge in [0.15, 0.2) is 11.7 Å². The number of rotatable bonds is 4. The van der Waals surface area contributed by atoms with Crippen molar-refractivity contribution >= 4 is 5.96 Å². The smallest absolute Gasteiger partial charge is 0.356 e. The summed E-state index contributed by atoms with van der Waals surface area (Å²) in [5.41, 5.74) is 1.93. The number of fused-ring (bicyclic) bond motifs is 1. The Labute approximate surface area is 150 Å². The zero-order chi connectivity index (χ0) is 18.7. The fraction of sp³-hybridized carbons (Fsp3) is 0.444. The quantitative estimate of drug-likeness (QED) is 0.647. The average Bonchev–Trinajstić information content (AvgIpc) is 3.18. The molecule has 2 N–H and O–H groups in total. The van der Waals surface area contributed by atoms with Crippen LogP contribution in [0, 0.1) is 0 Å². The lowest BCUT2D eigenvalue weighted by molar-refractivity contribution is -0.142.